The fourth-order valence-electron chi connectivity index (χ4n) is 5.93. The molecule has 2 fully saturated rings. The monoisotopic (exact) mass is 237 g/mol. The lowest BCUT2D eigenvalue weighted by Crippen LogP contribution is -2.64. The van der Waals surface area contributed by atoms with Gasteiger partial charge >= 0.3 is 0 Å². The zero-order chi connectivity index (χ0) is 12.9. The first-order valence-corrected chi connectivity index (χ1v) is 7.42. The van der Waals surface area contributed by atoms with Gasteiger partial charge in [-0.15, -0.1) is 0 Å². The third-order valence-corrected chi connectivity index (χ3v) is 5.66. The Morgan fingerprint density at radius 1 is 0.824 bits per heavy atom. The maximum atomic E-state index is 3.69. The number of hydrogen-bond donors (Lipinski definition) is 1. The van der Waals surface area contributed by atoms with Crippen LogP contribution in [0.25, 0.3) is 0 Å². The molecule has 2 aliphatic rings. The molecule has 1 nitrogen and oxygen atoms in total. The maximum absolute atomic E-state index is 3.69. The smallest absolute Gasteiger partial charge is 0.00146 e. The van der Waals surface area contributed by atoms with Crippen LogP contribution in [0.15, 0.2) is 0 Å². The van der Waals surface area contributed by atoms with Gasteiger partial charge < -0.3 is 5.32 Å². The molecule has 1 N–H and O–H groups in total. The van der Waals surface area contributed by atoms with Crippen molar-refractivity contribution in [3.8, 4) is 0 Å². The molecule has 2 bridgehead atoms. The van der Waals surface area contributed by atoms with Gasteiger partial charge in [-0.1, -0.05) is 48.0 Å². The van der Waals surface area contributed by atoms with E-state index in [0.717, 1.165) is 11.8 Å². The Kier molecular flexibility index (Phi) is 3.14. The average molecular weight is 237 g/mol. The van der Waals surface area contributed by atoms with Crippen molar-refractivity contribution in [2.75, 3.05) is 13.1 Å². The van der Waals surface area contributed by atoms with Gasteiger partial charge in [-0.2, -0.15) is 0 Å². The molecule has 2 rings (SSSR count). The topological polar surface area (TPSA) is 12.0 Å². The molecular weight excluding hydrogens is 206 g/mol. The summed E-state index contributed by atoms with van der Waals surface area (Å²) in [5.74, 6) is 1.74. The van der Waals surface area contributed by atoms with Gasteiger partial charge in [-0.25, -0.2) is 0 Å². The molecule has 1 heteroatoms. The van der Waals surface area contributed by atoms with E-state index in [2.05, 4.69) is 46.9 Å². The van der Waals surface area contributed by atoms with Crippen molar-refractivity contribution >= 4 is 0 Å². The summed E-state index contributed by atoms with van der Waals surface area (Å²) in [5.41, 5.74) is 1.32. The minimum atomic E-state index is 0.406. The molecule has 2 atom stereocenters. The van der Waals surface area contributed by atoms with Crippen LogP contribution in [0.2, 0.25) is 0 Å². The Morgan fingerprint density at radius 3 is 1.53 bits per heavy atom. The summed E-state index contributed by atoms with van der Waals surface area (Å²) >= 11 is 0. The Morgan fingerprint density at radius 2 is 1.24 bits per heavy atom. The molecule has 100 valence electrons. The number of fused-ring (bicyclic) bond motifs is 2. The minimum absolute atomic E-state index is 0.406. The van der Waals surface area contributed by atoms with Crippen molar-refractivity contribution < 1.29 is 0 Å². The molecular formula is C16H31N. The second-order valence-electron chi connectivity index (χ2n) is 8.35. The Balaban J connectivity index is 2.52. The summed E-state index contributed by atoms with van der Waals surface area (Å²) in [6, 6.07) is 0. The van der Waals surface area contributed by atoms with E-state index in [1.807, 2.05) is 0 Å². The molecule has 0 aromatic rings. The Bertz CT molecular complexity index is 241. The molecule has 1 heterocycles. The second kappa shape index (κ2) is 3.98. The van der Waals surface area contributed by atoms with Crippen LogP contribution in [0.4, 0.5) is 0 Å². The van der Waals surface area contributed by atoms with Crippen LogP contribution >= 0.6 is 0 Å². The van der Waals surface area contributed by atoms with E-state index < -0.39 is 0 Å². The largest absolute Gasteiger partial charge is 0.316 e. The summed E-state index contributed by atoms with van der Waals surface area (Å²) in [5, 5.41) is 3.69. The molecule has 1 saturated carbocycles. The first kappa shape index (κ1) is 13.4. The van der Waals surface area contributed by atoms with E-state index in [-0.39, 0.29) is 0 Å². The molecule has 2 unspecified atom stereocenters. The zero-order valence-electron chi connectivity index (χ0n) is 12.7. The lowest BCUT2D eigenvalue weighted by molar-refractivity contribution is -0.168. The van der Waals surface area contributed by atoms with Crippen molar-refractivity contribution in [2.24, 2.45) is 28.1 Å². The lowest BCUT2D eigenvalue weighted by atomic mass is 9.40. The van der Waals surface area contributed by atoms with Crippen LogP contribution in [0.3, 0.4) is 0 Å². The minimum Gasteiger partial charge on any atom is -0.316 e. The fraction of sp³-hybridized carbons (Fsp3) is 1.00. The fourth-order valence-corrected chi connectivity index (χ4v) is 5.93. The highest BCUT2D eigenvalue weighted by atomic mass is 14.9. The van der Waals surface area contributed by atoms with Crippen LogP contribution in [-0.4, -0.2) is 13.1 Å². The van der Waals surface area contributed by atoms with Crippen molar-refractivity contribution in [3.63, 3.8) is 0 Å². The average Bonchev–Trinajstić information content (AvgIpc) is 2.12. The van der Waals surface area contributed by atoms with Gasteiger partial charge in [0.1, 0.15) is 0 Å². The van der Waals surface area contributed by atoms with Crippen LogP contribution in [0, 0.1) is 28.1 Å². The van der Waals surface area contributed by atoms with Crippen molar-refractivity contribution in [3.05, 3.63) is 0 Å². The van der Waals surface area contributed by atoms with Crippen LogP contribution in [0.5, 0.6) is 0 Å². The summed E-state index contributed by atoms with van der Waals surface area (Å²) in [6.07, 6.45) is 4.31. The summed E-state index contributed by atoms with van der Waals surface area (Å²) in [4.78, 5) is 0. The van der Waals surface area contributed by atoms with Crippen LogP contribution < -0.4 is 5.32 Å². The van der Waals surface area contributed by atoms with Gasteiger partial charge in [0, 0.05) is 0 Å². The molecule has 0 radical (unpaired) electrons. The molecule has 0 amide bonds. The van der Waals surface area contributed by atoms with E-state index in [4.69, 9.17) is 0 Å². The van der Waals surface area contributed by atoms with Gasteiger partial charge in [0.05, 0.1) is 0 Å². The van der Waals surface area contributed by atoms with E-state index >= 15 is 0 Å². The number of rotatable bonds is 0. The summed E-state index contributed by atoms with van der Waals surface area (Å²) < 4.78 is 0. The van der Waals surface area contributed by atoms with E-state index in [9.17, 15) is 0 Å². The molecule has 1 aliphatic carbocycles. The molecule has 1 saturated heterocycles. The number of nitrogens with one attached hydrogen (secondary N) is 1. The predicted molar refractivity (Wildman–Crippen MR) is 75.0 cm³/mol. The molecule has 0 spiro atoms. The predicted octanol–water partition coefficient (Wildman–Crippen LogP) is 4.08. The first-order chi connectivity index (χ1) is 7.71. The normalized spacial score (nSPS) is 33.5. The number of hydrogen-bond acceptors (Lipinski definition) is 1. The van der Waals surface area contributed by atoms with Gasteiger partial charge in [-0.05, 0) is 54.0 Å². The SMILES string of the molecule is CC(C)(C)C1(C(C)(C)C)C2CCCC1CNC2. The second-order valence-corrected chi connectivity index (χ2v) is 8.35. The lowest BCUT2D eigenvalue weighted by Gasteiger charge is -2.66. The molecule has 0 aromatic heterocycles. The third-order valence-electron chi connectivity index (χ3n) is 5.66. The highest BCUT2D eigenvalue weighted by Crippen LogP contribution is 2.65. The van der Waals surface area contributed by atoms with Crippen molar-refractivity contribution in [1.82, 2.24) is 5.32 Å². The Labute approximate surface area is 108 Å². The number of piperidine rings is 1. The van der Waals surface area contributed by atoms with E-state index in [0.29, 0.717) is 16.2 Å². The van der Waals surface area contributed by atoms with Crippen molar-refractivity contribution in [2.45, 2.75) is 60.8 Å². The molecule has 1 aliphatic heterocycles. The van der Waals surface area contributed by atoms with Gasteiger partial charge in [0.25, 0.3) is 0 Å². The quantitative estimate of drug-likeness (QED) is 0.669. The standard InChI is InChI=1S/C16H31N/c1-14(2,3)16(15(4,5)6)12-8-7-9-13(16)11-17-10-12/h12-13,17H,7-11H2,1-6H3. The van der Waals surface area contributed by atoms with Gasteiger partial charge in [0.2, 0.25) is 0 Å². The van der Waals surface area contributed by atoms with Crippen molar-refractivity contribution in [1.29, 1.82) is 0 Å². The van der Waals surface area contributed by atoms with Gasteiger partial charge in [-0.3, -0.25) is 0 Å². The molecule has 0 aromatic carbocycles. The van der Waals surface area contributed by atoms with Gasteiger partial charge in [0.15, 0.2) is 0 Å². The Hall–Kier alpha value is -0.0400. The summed E-state index contributed by atoms with van der Waals surface area (Å²) in [7, 11) is 0. The first-order valence-electron chi connectivity index (χ1n) is 7.42. The highest BCUT2D eigenvalue weighted by molar-refractivity contribution is 5.10. The van der Waals surface area contributed by atoms with Crippen LogP contribution in [-0.2, 0) is 0 Å². The third kappa shape index (κ3) is 1.77. The highest BCUT2D eigenvalue weighted by Gasteiger charge is 2.61. The van der Waals surface area contributed by atoms with E-state index in [1.54, 1.807) is 0 Å². The summed E-state index contributed by atoms with van der Waals surface area (Å²) in [6.45, 7) is 17.4. The van der Waals surface area contributed by atoms with Crippen LogP contribution in [0.1, 0.15) is 60.8 Å². The molecule has 17 heavy (non-hydrogen) atoms. The van der Waals surface area contributed by atoms with E-state index in [1.165, 1.54) is 32.4 Å². The zero-order valence-corrected chi connectivity index (χ0v) is 12.7. The maximum Gasteiger partial charge on any atom is -0.00146 e.